The molecule has 0 rings (SSSR count). The molecule has 0 fully saturated rings. The molecule has 0 amide bonds. The van der Waals surface area contributed by atoms with Gasteiger partial charge >= 0.3 is 0 Å². The van der Waals surface area contributed by atoms with Gasteiger partial charge in [0.05, 0.1) is 12.2 Å². The second-order valence-corrected chi connectivity index (χ2v) is 6.95. The summed E-state index contributed by atoms with van der Waals surface area (Å²) in [4.78, 5) is 0. The molecule has 0 aliphatic rings. The summed E-state index contributed by atoms with van der Waals surface area (Å²) in [5.74, 6) is 0. The molecule has 134 valence electrons. The lowest BCUT2D eigenvalue weighted by molar-refractivity contribution is 0.00712. The van der Waals surface area contributed by atoms with E-state index in [0.29, 0.717) is 0 Å². The molecule has 2 N–H and O–H groups in total. The Balaban J connectivity index is 3.33. The minimum atomic E-state index is -0.504. The summed E-state index contributed by atoms with van der Waals surface area (Å²) in [6.45, 7) is 4.48. The third-order valence-electron chi connectivity index (χ3n) is 4.65. The number of unbranched alkanes of at least 4 members (excludes halogenated alkanes) is 12. The van der Waals surface area contributed by atoms with E-state index in [1.54, 1.807) is 0 Å². The highest BCUT2D eigenvalue weighted by Crippen LogP contribution is 2.15. The predicted octanol–water partition coefficient (Wildman–Crippen LogP) is 5.99. The monoisotopic (exact) mass is 314 g/mol. The average Bonchev–Trinajstić information content (AvgIpc) is 2.52. The quantitative estimate of drug-likeness (QED) is 0.324. The Labute approximate surface area is 139 Å². The maximum absolute atomic E-state index is 9.98. The van der Waals surface area contributed by atoms with Gasteiger partial charge in [-0.2, -0.15) is 0 Å². The standard InChI is InChI=1S/C20H42O2/c1-3-5-7-9-11-13-15-17-19(21)20(22)18-16-14-12-10-8-6-4-2/h19-22H,3-18H2,1-2H3/t19-,20+. The van der Waals surface area contributed by atoms with E-state index in [9.17, 15) is 10.2 Å². The van der Waals surface area contributed by atoms with E-state index in [4.69, 9.17) is 0 Å². The molecular formula is C20H42O2. The fourth-order valence-corrected chi connectivity index (χ4v) is 3.01. The highest BCUT2D eigenvalue weighted by molar-refractivity contribution is 4.67. The van der Waals surface area contributed by atoms with Crippen LogP contribution in [0.25, 0.3) is 0 Å². The molecule has 2 heteroatoms. The highest BCUT2D eigenvalue weighted by Gasteiger charge is 2.14. The normalized spacial score (nSPS) is 14.2. The molecule has 0 aromatic carbocycles. The van der Waals surface area contributed by atoms with E-state index in [2.05, 4.69) is 13.8 Å². The fraction of sp³-hybridized carbons (Fsp3) is 1.00. The van der Waals surface area contributed by atoms with Crippen molar-refractivity contribution in [1.82, 2.24) is 0 Å². The average molecular weight is 315 g/mol. The third-order valence-corrected chi connectivity index (χ3v) is 4.65. The van der Waals surface area contributed by atoms with E-state index < -0.39 is 12.2 Å². The van der Waals surface area contributed by atoms with Gasteiger partial charge in [0.1, 0.15) is 0 Å². The minimum absolute atomic E-state index is 0.504. The van der Waals surface area contributed by atoms with E-state index in [0.717, 1.165) is 25.7 Å². The van der Waals surface area contributed by atoms with Crippen molar-refractivity contribution in [3.63, 3.8) is 0 Å². The van der Waals surface area contributed by atoms with Crippen LogP contribution >= 0.6 is 0 Å². The van der Waals surface area contributed by atoms with E-state index in [1.807, 2.05) is 0 Å². The SMILES string of the molecule is CCCCCCCCC[C@@H](O)[C@@H](O)CCCCCCCCC. The topological polar surface area (TPSA) is 40.5 Å². The van der Waals surface area contributed by atoms with Gasteiger partial charge in [0.15, 0.2) is 0 Å². The Hall–Kier alpha value is -0.0800. The molecule has 2 nitrogen and oxygen atoms in total. The van der Waals surface area contributed by atoms with Crippen LogP contribution in [0, 0.1) is 0 Å². The summed E-state index contributed by atoms with van der Waals surface area (Å²) >= 11 is 0. The fourth-order valence-electron chi connectivity index (χ4n) is 3.01. The Bertz CT molecular complexity index is 184. The Morgan fingerprint density at radius 3 is 1.05 bits per heavy atom. The molecule has 0 spiro atoms. The van der Waals surface area contributed by atoms with Crippen LogP contribution in [0.4, 0.5) is 0 Å². The van der Waals surface area contributed by atoms with E-state index in [-0.39, 0.29) is 0 Å². The molecule has 0 aliphatic carbocycles. The molecule has 0 saturated heterocycles. The number of hydrogen-bond donors (Lipinski definition) is 2. The first-order valence-corrected chi connectivity index (χ1v) is 10.1. The number of aliphatic hydroxyl groups is 2. The first-order chi connectivity index (χ1) is 10.7. The molecule has 0 aromatic rings. The molecule has 0 radical (unpaired) electrons. The van der Waals surface area contributed by atoms with Crippen LogP contribution in [0.2, 0.25) is 0 Å². The van der Waals surface area contributed by atoms with Gasteiger partial charge in [-0.25, -0.2) is 0 Å². The van der Waals surface area contributed by atoms with Crippen LogP contribution in [-0.4, -0.2) is 22.4 Å². The van der Waals surface area contributed by atoms with Crippen molar-refractivity contribution in [2.24, 2.45) is 0 Å². The summed E-state index contributed by atoms with van der Waals surface area (Å²) in [7, 11) is 0. The molecular weight excluding hydrogens is 272 g/mol. The second kappa shape index (κ2) is 17.3. The maximum Gasteiger partial charge on any atom is 0.0799 e. The first kappa shape index (κ1) is 21.9. The first-order valence-electron chi connectivity index (χ1n) is 10.1. The maximum atomic E-state index is 9.98. The highest BCUT2D eigenvalue weighted by atomic mass is 16.3. The van der Waals surface area contributed by atoms with Gasteiger partial charge in [0, 0.05) is 0 Å². The molecule has 0 unspecified atom stereocenters. The van der Waals surface area contributed by atoms with E-state index >= 15 is 0 Å². The molecule has 0 bridgehead atoms. The van der Waals surface area contributed by atoms with Gasteiger partial charge in [-0.15, -0.1) is 0 Å². The van der Waals surface area contributed by atoms with Crippen LogP contribution in [0.3, 0.4) is 0 Å². The molecule has 22 heavy (non-hydrogen) atoms. The van der Waals surface area contributed by atoms with E-state index in [1.165, 1.54) is 77.0 Å². The lowest BCUT2D eigenvalue weighted by atomic mass is 9.99. The Morgan fingerprint density at radius 2 is 0.727 bits per heavy atom. The predicted molar refractivity (Wildman–Crippen MR) is 97.2 cm³/mol. The molecule has 0 aromatic heterocycles. The van der Waals surface area contributed by atoms with Crippen LogP contribution < -0.4 is 0 Å². The van der Waals surface area contributed by atoms with Crippen molar-refractivity contribution in [1.29, 1.82) is 0 Å². The molecule has 2 atom stereocenters. The zero-order valence-electron chi connectivity index (χ0n) is 15.4. The summed E-state index contributed by atoms with van der Waals surface area (Å²) < 4.78 is 0. The van der Waals surface area contributed by atoms with Crippen LogP contribution in [-0.2, 0) is 0 Å². The summed E-state index contributed by atoms with van der Waals surface area (Å²) in [6.07, 6.45) is 18.2. The minimum Gasteiger partial charge on any atom is -0.390 e. The van der Waals surface area contributed by atoms with Crippen molar-refractivity contribution in [2.75, 3.05) is 0 Å². The summed E-state index contributed by atoms with van der Waals surface area (Å²) in [5.41, 5.74) is 0. The van der Waals surface area contributed by atoms with Crippen molar-refractivity contribution < 1.29 is 10.2 Å². The van der Waals surface area contributed by atoms with Gasteiger partial charge in [-0.05, 0) is 12.8 Å². The van der Waals surface area contributed by atoms with Crippen LogP contribution in [0.15, 0.2) is 0 Å². The number of hydrogen-bond acceptors (Lipinski definition) is 2. The Kier molecular flexibility index (Phi) is 17.2. The molecule has 0 heterocycles. The van der Waals surface area contributed by atoms with Gasteiger partial charge in [0.25, 0.3) is 0 Å². The van der Waals surface area contributed by atoms with Crippen molar-refractivity contribution in [2.45, 2.75) is 129 Å². The van der Waals surface area contributed by atoms with Gasteiger partial charge in [-0.3, -0.25) is 0 Å². The summed E-state index contributed by atoms with van der Waals surface area (Å²) in [5, 5.41) is 20.0. The molecule has 0 saturated carbocycles. The van der Waals surface area contributed by atoms with Crippen LogP contribution in [0.5, 0.6) is 0 Å². The number of rotatable bonds is 17. The number of aliphatic hydroxyl groups excluding tert-OH is 2. The van der Waals surface area contributed by atoms with Gasteiger partial charge in [0.2, 0.25) is 0 Å². The smallest absolute Gasteiger partial charge is 0.0799 e. The van der Waals surface area contributed by atoms with Crippen LogP contribution in [0.1, 0.15) is 117 Å². The lowest BCUT2D eigenvalue weighted by Crippen LogP contribution is -2.25. The van der Waals surface area contributed by atoms with Crippen molar-refractivity contribution in [3.05, 3.63) is 0 Å². The zero-order chi connectivity index (χ0) is 16.5. The second-order valence-electron chi connectivity index (χ2n) is 6.95. The third kappa shape index (κ3) is 14.8. The zero-order valence-corrected chi connectivity index (χ0v) is 15.4. The molecule has 0 aliphatic heterocycles. The Morgan fingerprint density at radius 1 is 0.455 bits per heavy atom. The lowest BCUT2D eigenvalue weighted by Gasteiger charge is -2.17. The van der Waals surface area contributed by atoms with Gasteiger partial charge in [-0.1, -0.05) is 104 Å². The van der Waals surface area contributed by atoms with Gasteiger partial charge < -0.3 is 10.2 Å². The summed E-state index contributed by atoms with van der Waals surface area (Å²) in [6, 6.07) is 0. The van der Waals surface area contributed by atoms with Crippen molar-refractivity contribution in [3.8, 4) is 0 Å². The van der Waals surface area contributed by atoms with Crippen molar-refractivity contribution >= 4 is 0 Å². The largest absolute Gasteiger partial charge is 0.390 e.